The molecule has 0 amide bonds. The molecule has 0 aliphatic heterocycles. The Balaban J connectivity index is 1.50. The Morgan fingerprint density at radius 3 is 2.24 bits per heavy atom. The van der Waals surface area contributed by atoms with Crippen LogP contribution in [0.1, 0.15) is 105 Å². The lowest BCUT2D eigenvalue weighted by molar-refractivity contribution is -0.123. The lowest BCUT2D eigenvalue weighted by Crippen LogP contribution is -2.53. The monoisotopic (exact) mass is 404 g/mol. The molecule has 0 radical (unpaired) electrons. The zero-order valence-electron chi connectivity index (χ0n) is 19.9. The van der Waals surface area contributed by atoms with E-state index in [2.05, 4.69) is 34.6 Å². The van der Waals surface area contributed by atoms with E-state index in [1.54, 1.807) is 0 Å². The fourth-order valence-electron chi connectivity index (χ4n) is 9.41. The van der Waals surface area contributed by atoms with Crippen LogP contribution in [0.4, 0.5) is 0 Å². The average Bonchev–Trinajstić information content (AvgIpc) is 3.03. The van der Waals surface area contributed by atoms with Crippen molar-refractivity contribution in [2.24, 2.45) is 52.3 Å². The molecule has 2 heteroatoms. The van der Waals surface area contributed by atoms with Gasteiger partial charge in [-0.1, -0.05) is 47.5 Å². The summed E-state index contributed by atoms with van der Waals surface area (Å²) in [5.74, 6) is 4.92. The third kappa shape index (κ3) is 3.63. The summed E-state index contributed by atoms with van der Waals surface area (Å²) in [5.41, 5.74) is 0.982. The summed E-state index contributed by atoms with van der Waals surface area (Å²) in [6.45, 7) is 11.7. The first-order valence-electron chi connectivity index (χ1n) is 13.0. The highest BCUT2D eigenvalue weighted by Crippen LogP contribution is 2.68. The van der Waals surface area contributed by atoms with Crippen molar-refractivity contribution in [1.29, 1.82) is 0 Å². The Kier molecular flexibility index (Phi) is 6.19. The third-order valence-corrected chi connectivity index (χ3v) is 10.9. The summed E-state index contributed by atoms with van der Waals surface area (Å²) in [6.07, 6.45) is 13.8. The van der Waals surface area contributed by atoms with Gasteiger partial charge in [0.2, 0.25) is 0 Å². The Labute approximate surface area is 180 Å². The van der Waals surface area contributed by atoms with Crippen LogP contribution in [0.3, 0.4) is 0 Å². The van der Waals surface area contributed by atoms with E-state index in [4.69, 9.17) is 0 Å². The van der Waals surface area contributed by atoms with Gasteiger partial charge in [-0.25, -0.2) is 0 Å². The Morgan fingerprint density at radius 1 is 0.793 bits per heavy atom. The van der Waals surface area contributed by atoms with Crippen LogP contribution in [0.25, 0.3) is 0 Å². The maximum Gasteiger partial charge on any atom is 0.0827 e. The van der Waals surface area contributed by atoms with E-state index in [0.29, 0.717) is 29.1 Å². The molecule has 4 saturated carbocycles. The molecule has 2 nitrogen and oxygen atoms in total. The number of fused-ring (bicyclic) bond motifs is 5. The van der Waals surface area contributed by atoms with Crippen LogP contribution in [0.5, 0.6) is 0 Å². The van der Waals surface area contributed by atoms with E-state index in [9.17, 15) is 10.2 Å². The zero-order valence-corrected chi connectivity index (χ0v) is 19.9. The van der Waals surface area contributed by atoms with Gasteiger partial charge in [0, 0.05) is 0 Å². The maximum absolute atomic E-state index is 11.0. The Morgan fingerprint density at radius 2 is 1.52 bits per heavy atom. The molecular weight excluding hydrogens is 356 g/mol. The minimum Gasteiger partial charge on any atom is -0.390 e. The van der Waals surface area contributed by atoms with Crippen molar-refractivity contribution >= 4 is 0 Å². The molecule has 0 aromatic heterocycles. The van der Waals surface area contributed by atoms with Crippen LogP contribution in [0.2, 0.25) is 0 Å². The molecular formula is C27H48O2. The highest BCUT2D eigenvalue weighted by Gasteiger charge is 2.60. The zero-order chi connectivity index (χ0) is 21.0. The van der Waals surface area contributed by atoms with Crippen LogP contribution in [0.15, 0.2) is 0 Å². The largest absolute Gasteiger partial charge is 0.390 e. The maximum atomic E-state index is 11.0. The number of rotatable bonds is 5. The van der Waals surface area contributed by atoms with Gasteiger partial charge < -0.3 is 10.2 Å². The summed E-state index contributed by atoms with van der Waals surface area (Å²) < 4.78 is 0. The predicted molar refractivity (Wildman–Crippen MR) is 120 cm³/mol. The molecule has 10 atom stereocenters. The standard InChI is InChI=1S/C27H48O2/c1-17(2)16-24(28)25(29)18(3)21-11-12-22-20-10-9-19-8-6-7-14-26(19,4)23(20)13-15-27(21,22)5/h17-25,28-29H,6-16H2,1-5H3/t18-,19?,20-,21+,22-,23-,24+,25+,26-,27+/m0/s1. The third-order valence-electron chi connectivity index (χ3n) is 10.9. The Bertz CT molecular complexity index is 573. The minimum atomic E-state index is -0.569. The molecule has 0 heterocycles. The number of hydrogen-bond donors (Lipinski definition) is 2. The van der Waals surface area contributed by atoms with Gasteiger partial charge >= 0.3 is 0 Å². The first kappa shape index (κ1) is 22.1. The van der Waals surface area contributed by atoms with E-state index < -0.39 is 12.2 Å². The van der Waals surface area contributed by atoms with Crippen molar-refractivity contribution in [3.63, 3.8) is 0 Å². The van der Waals surface area contributed by atoms with E-state index in [0.717, 1.165) is 23.7 Å². The second kappa shape index (κ2) is 8.12. The second-order valence-electron chi connectivity index (χ2n) is 12.7. The van der Waals surface area contributed by atoms with Crippen LogP contribution in [-0.4, -0.2) is 22.4 Å². The first-order chi connectivity index (χ1) is 13.7. The molecule has 4 fully saturated rings. The molecule has 0 aromatic carbocycles. The molecule has 0 saturated heterocycles. The van der Waals surface area contributed by atoms with Gasteiger partial charge in [-0.15, -0.1) is 0 Å². The van der Waals surface area contributed by atoms with E-state index in [-0.39, 0.29) is 5.92 Å². The van der Waals surface area contributed by atoms with Gasteiger partial charge in [-0.3, -0.25) is 0 Å². The summed E-state index contributed by atoms with van der Waals surface area (Å²) >= 11 is 0. The predicted octanol–water partition coefficient (Wildman–Crippen LogP) is 6.44. The van der Waals surface area contributed by atoms with Crippen molar-refractivity contribution in [2.75, 3.05) is 0 Å². The molecule has 4 rings (SSSR count). The van der Waals surface area contributed by atoms with E-state index in [1.165, 1.54) is 64.2 Å². The van der Waals surface area contributed by atoms with Crippen LogP contribution in [-0.2, 0) is 0 Å². The fraction of sp³-hybridized carbons (Fsp3) is 1.00. The van der Waals surface area contributed by atoms with Crippen molar-refractivity contribution in [3.8, 4) is 0 Å². The Hall–Kier alpha value is -0.0800. The highest BCUT2D eigenvalue weighted by atomic mass is 16.3. The topological polar surface area (TPSA) is 40.5 Å². The van der Waals surface area contributed by atoms with E-state index in [1.807, 2.05) is 0 Å². The quantitative estimate of drug-likeness (QED) is 0.553. The van der Waals surface area contributed by atoms with Gasteiger partial charge in [0.05, 0.1) is 12.2 Å². The highest BCUT2D eigenvalue weighted by molar-refractivity contribution is 5.09. The number of aliphatic hydroxyl groups is 2. The van der Waals surface area contributed by atoms with Crippen LogP contribution < -0.4 is 0 Å². The molecule has 0 spiro atoms. The smallest absolute Gasteiger partial charge is 0.0827 e. The van der Waals surface area contributed by atoms with Gasteiger partial charge in [-0.2, -0.15) is 0 Å². The molecule has 29 heavy (non-hydrogen) atoms. The number of aliphatic hydroxyl groups excluding tert-OH is 2. The number of hydrogen-bond acceptors (Lipinski definition) is 2. The summed E-state index contributed by atoms with van der Waals surface area (Å²) in [7, 11) is 0. The average molecular weight is 405 g/mol. The molecule has 1 unspecified atom stereocenters. The SMILES string of the molecule is CC(C)C[C@@H](O)[C@H](O)[C@@H](C)[C@H]1CC[C@H]2[C@@H]3CCC4CCCC[C@]4(C)[C@H]3CC[C@]12C. The molecule has 2 N–H and O–H groups in total. The van der Waals surface area contributed by atoms with E-state index >= 15 is 0 Å². The van der Waals surface area contributed by atoms with Crippen molar-refractivity contribution in [1.82, 2.24) is 0 Å². The van der Waals surface area contributed by atoms with Crippen molar-refractivity contribution in [3.05, 3.63) is 0 Å². The molecule has 0 bridgehead atoms. The van der Waals surface area contributed by atoms with Crippen molar-refractivity contribution in [2.45, 2.75) is 117 Å². The van der Waals surface area contributed by atoms with Gasteiger partial charge in [0.15, 0.2) is 0 Å². The van der Waals surface area contributed by atoms with Gasteiger partial charge in [-0.05, 0) is 110 Å². The second-order valence-corrected chi connectivity index (χ2v) is 12.7. The lowest BCUT2D eigenvalue weighted by Gasteiger charge is -2.61. The minimum absolute atomic E-state index is 0.205. The normalized spacial score (nSPS) is 47.8. The van der Waals surface area contributed by atoms with Crippen LogP contribution >= 0.6 is 0 Å². The summed E-state index contributed by atoms with van der Waals surface area (Å²) in [5, 5.41) is 21.6. The fourth-order valence-corrected chi connectivity index (χ4v) is 9.41. The van der Waals surface area contributed by atoms with Crippen molar-refractivity contribution < 1.29 is 10.2 Å². The lowest BCUT2D eigenvalue weighted by atomic mass is 9.44. The molecule has 0 aromatic rings. The first-order valence-corrected chi connectivity index (χ1v) is 13.0. The van der Waals surface area contributed by atoms with Crippen LogP contribution in [0, 0.1) is 52.3 Å². The molecule has 168 valence electrons. The van der Waals surface area contributed by atoms with Gasteiger partial charge in [0.1, 0.15) is 0 Å². The summed E-state index contributed by atoms with van der Waals surface area (Å²) in [6, 6.07) is 0. The molecule has 4 aliphatic rings. The summed E-state index contributed by atoms with van der Waals surface area (Å²) in [4.78, 5) is 0. The molecule has 4 aliphatic carbocycles. The van der Waals surface area contributed by atoms with Gasteiger partial charge in [0.25, 0.3) is 0 Å².